The quantitative estimate of drug-likeness (QED) is 0.670. The Kier molecular flexibility index (Phi) is 7.09. The number of hydrogen-bond donors (Lipinski definition) is 0. The van der Waals surface area contributed by atoms with E-state index in [4.69, 9.17) is 9.47 Å². The zero-order chi connectivity index (χ0) is 20.0. The molecule has 0 fully saturated rings. The third-order valence-electron chi connectivity index (χ3n) is 3.56. The fraction of sp³-hybridized carbons (Fsp3) is 0.500. The van der Waals surface area contributed by atoms with Crippen LogP contribution in [0.15, 0.2) is 35.4 Å². The van der Waals surface area contributed by atoms with Crippen molar-refractivity contribution in [1.29, 1.82) is 0 Å². The van der Waals surface area contributed by atoms with Gasteiger partial charge in [0.15, 0.2) is 10.6 Å². The molecule has 0 saturated carbocycles. The van der Waals surface area contributed by atoms with E-state index in [2.05, 4.69) is 10.3 Å². The van der Waals surface area contributed by atoms with Crippen molar-refractivity contribution < 1.29 is 18.8 Å². The van der Waals surface area contributed by atoms with E-state index in [9.17, 15) is 9.35 Å². The van der Waals surface area contributed by atoms with E-state index in [-0.39, 0.29) is 11.8 Å². The van der Waals surface area contributed by atoms with Gasteiger partial charge in [-0.2, -0.15) is 0 Å². The van der Waals surface area contributed by atoms with Gasteiger partial charge in [0.25, 0.3) is 0 Å². The van der Waals surface area contributed by atoms with Gasteiger partial charge in [0, 0.05) is 13.6 Å². The van der Waals surface area contributed by atoms with E-state index in [0.29, 0.717) is 23.7 Å². The van der Waals surface area contributed by atoms with Crippen LogP contribution >= 0.6 is 0 Å². The lowest BCUT2D eigenvalue weighted by molar-refractivity contribution is 0.0292. The maximum atomic E-state index is 12.4. The number of ether oxygens (including phenoxy) is 2. The number of carbonyl (C=O) groups excluding carboxylic acids is 1. The van der Waals surface area contributed by atoms with Crippen LogP contribution in [0.25, 0.3) is 0 Å². The molecule has 0 aliphatic carbocycles. The minimum absolute atomic E-state index is 0.272. The van der Waals surface area contributed by atoms with Crippen molar-refractivity contribution in [3.8, 4) is 5.75 Å². The second kappa shape index (κ2) is 9.09. The molecule has 0 radical (unpaired) electrons. The number of aromatic nitrogens is 3. The van der Waals surface area contributed by atoms with Gasteiger partial charge in [-0.25, -0.2) is 4.79 Å². The first-order chi connectivity index (χ1) is 12.7. The van der Waals surface area contributed by atoms with Crippen LogP contribution < -0.4 is 4.74 Å². The monoisotopic (exact) mass is 394 g/mol. The van der Waals surface area contributed by atoms with E-state index in [0.717, 1.165) is 5.75 Å². The fourth-order valence-electron chi connectivity index (χ4n) is 2.14. The van der Waals surface area contributed by atoms with Crippen LogP contribution in [0, 0.1) is 0 Å². The lowest BCUT2D eigenvalue weighted by Crippen LogP contribution is -2.36. The first kappa shape index (κ1) is 21.0. The maximum Gasteiger partial charge on any atom is 0.410 e. The van der Waals surface area contributed by atoms with Crippen molar-refractivity contribution in [2.75, 3.05) is 20.7 Å². The van der Waals surface area contributed by atoms with Crippen LogP contribution in [-0.2, 0) is 28.2 Å². The number of amides is 1. The molecule has 0 N–H and O–H groups in total. The molecule has 0 aliphatic heterocycles. The van der Waals surface area contributed by atoms with Crippen LogP contribution in [-0.4, -0.2) is 56.8 Å². The predicted octanol–water partition coefficient (Wildman–Crippen LogP) is 2.46. The summed E-state index contributed by atoms with van der Waals surface area (Å²) in [5.74, 6) is 0.990. The summed E-state index contributed by atoms with van der Waals surface area (Å²) in [6.07, 6.45) is 1.35. The molecular weight excluding hydrogens is 368 g/mol. The molecular formula is C18H26N4O4S. The molecule has 2 rings (SSSR count). The second-order valence-corrected chi connectivity index (χ2v) is 8.49. The highest BCUT2D eigenvalue weighted by Crippen LogP contribution is 2.19. The minimum atomic E-state index is -1.22. The van der Waals surface area contributed by atoms with Crippen LogP contribution in [0.3, 0.4) is 0 Å². The van der Waals surface area contributed by atoms with Crippen molar-refractivity contribution >= 4 is 17.3 Å². The van der Waals surface area contributed by atoms with Crippen molar-refractivity contribution in [1.82, 2.24) is 19.9 Å². The SMILES string of the molecule is COc1ccc([S+]([O-])Cc2cn(CCN(C)C(=O)OC(C)(C)C)nn2)cc1. The Morgan fingerprint density at radius 3 is 2.56 bits per heavy atom. The molecule has 27 heavy (non-hydrogen) atoms. The minimum Gasteiger partial charge on any atom is -0.611 e. The Labute approximate surface area is 162 Å². The molecule has 0 bridgehead atoms. The Morgan fingerprint density at radius 1 is 1.30 bits per heavy atom. The van der Waals surface area contributed by atoms with Gasteiger partial charge >= 0.3 is 6.09 Å². The molecule has 0 saturated heterocycles. The number of likely N-dealkylation sites (N-methyl/N-ethyl adjacent to an activating group) is 1. The van der Waals surface area contributed by atoms with Gasteiger partial charge in [-0.1, -0.05) is 5.21 Å². The van der Waals surface area contributed by atoms with Gasteiger partial charge < -0.3 is 18.9 Å². The highest BCUT2D eigenvalue weighted by Gasteiger charge is 2.20. The van der Waals surface area contributed by atoms with Gasteiger partial charge in [-0.15, -0.1) is 5.10 Å². The summed E-state index contributed by atoms with van der Waals surface area (Å²) >= 11 is -1.22. The number of nitrogens with zero attached hydrogens (tertiary/aromatic N) is 4. The summed E-state index contributed by atoms with van der Waals surface area (Å²) in [7, 11) is 3.26. The highest BCUT2D eigenvalue weighted by atomic mass is 32.2. The third kappa shape index (κ3) is 6.76. The molecule has 1 amide bonds. The lowest BCUT2D eigenvalue weighted by Gasteiger charge is -2.24. The van der Waals surface area contributed by atoms with Gasteiger partial charge in [0.1, 0.15) is 17.0 Å². The van der Waals surface area contributed by atoms with E-state index >= 15 is 0 Å². The first-order valence-electron chi connectivity index (χ1n) is 8.53. The second-order valence-electron chi connectivity index (χ2n) is 7.04. The molecule has 8 nitrogen and oxygen atoms in total. The maximum absolute atomic E-state index is 12.4. The molecule has 1 unspecified atom stereocenters. The number of methoxy groups -OCH3 is 1. The van der Waals surface area contributed by atoms with Gasteiger partial charge in [0.2, 0.25) is 0 Å². The Hall–Kier alpha value is -2.26. The zero-order valence-corrected chi connectivity index (χ0v) is 17.2. The summed E-state index contributed by atoms with van der Waals surface area (Å²) in [5.41, 5.74) is 0.0983. The number of benzene rings is 1. The molecule has 2 aromatic rings. The van der Waals surface area contributed by atoms with Gasteiger partial charge in [0.05, 0.1) is 19.9 Å². The summed E-state index contributed by atoms with van der Waals surface area (Å²) in [6.45, 7) is 6.37. The summed E-state index contributed by atoms with van der Waals surface area (Å²) in [6, 6.07) is 7.09. The first-order valence-corrected chi connectivity index (χ1v) is 9.85. The zero-order valence-electron chi connectivity index (χ0n) is 16.3. The highest BCUT2D eigenvalue weighted by molar-refractivity contribution is 7.90. The molecule has 1 heterocycles. The summed E-state index contributed by atoms with van der Waals surface area (Å²) in [4.78, 5) is 14.1. The van der Waals surface area contributed by atoms with Crippen LogP contribution in [0.2, 0.25) is 0 Å². The summed E-state index contributed by atoms with van der Waals surface area (Å²) in [5, 5.41) is 8.09. The molecule has 0 spiro atoms. The number of carbonyl (C=O) groups is 1. The lowest BCUT2D eigenvalue weighted by atomic mass is 10.2. The summed E-state index contributed by atoms with van der Waals surface area (Å²) < 4.78 is 24.5. The van der Waals surface area contributed by atoms with E-state index in [1.54, 1.807) is 49.3 Å². The molecule has 9 heteroatoms. The standard InChI is InChI=1S/C18H26N4O4S/c1-18(2,3)26-17(23)21(4)10-11-22-12-14(19-20-22)13-27(24)16-8-6-15(25-5)7-9-16/h6-9,12H,10-11,13H2,1-5H3. The van der Waals surface area contributed by atoms with Crippen LogP contribution in [0.1, 0.15) is 26.5 Å². The fourth-order valence-corrected chi connectivity index (χ4v) is 3.15. The van der Waals surface area contributed by atoms with E-state index in [1.807, 2.05) is 20.8 Å². The molecule has 1 aromatic carbocycles. The Balaban J connectivity index is 1.85. The number of rotatable bonds is 7. The van der Waals surface area contributed by atoms with Gasteiger partial charge in [-0.3, -0.25) is 4.68 Å². The average Bonchev–Trinajstić information content (AvgIpc) is 3.05. The topological polar surface area (TPSA) is 92.5 Å². The van der Waals surface area contributed by atoms with Crippen LogP contribution in [0.4, 0.5) is 4.79 Å². The van der Waals surface area contributed by atoms with E-state index < -0.39 is 16.8 Å². The van der Waals surface area contributed by atoms with Crippen molar-refractivity contribution in [2.24, 2.45) is 0 Å². The van der Waals surface area contributed by atoms with E-state index in [1.165, 1.54) is 4.90 Å². The normalized spacial score (nSPS) is 12.5. The Bertz CT molecular complexity index is 743. The number of hydrogen-bond acceptors (Lipinski definition) is 6. The van der Waals surface area contributed by atoms with Crippen molar-refractivity contribution in [2.45, 2.75) is 43.6 Å². The third-order valence-corrected chi connectivity index (χ3v) is 4.91. The largest absolute Gasteiger partial charge is 0.611 e. The molecule has 1 atom stereocenters. The smallest absolute Gasteiger partial charge is 0.410 e. The average molecular weight is 394 g/mol. The van der Waals surface area contributed by atoms with Gasteiger partial charge in [-0.05, 0) is 56.2 Å². The molecule has 1 aromatic heterocycles. The Morgan fingerprint density at radius 2 is 1.96 bits per heavy atom. The molecule has 0 aliphatic rings. The molecule has 148 valence electrons. The predicted molar refractivity (Wildman–Crippen MR) is 102 cm³/mol. The van der Waals surface area contributed by atoms with Crippen molar-refractivity contribution in [3.05, 3.63) is 36.2 Å². The van der Waals surface area contributed by atoms with Crippen molar-refractivity contribution in [3.63, 3.8) is 0 Å². The van der Waals surface area contributed by atoms with Crippen LogP contribution in [0.5, 0.6) is 5.75 Å².